The molecule has 110 valence electrons. The number of amides is 1. The van der Waals surface area contributed by atoms with Gasteiger partial charge in [-0.2, -0.15) is 0 Å². The number of rotatable bonds is 4. The first-order valence-corrected chi connectivity index (χ1v) is 6.91. The number of nitrogens with one attached hydrogen (secondary N) is 1. The van der Waals surface area contributed by atoms with Gasteiger partial charge in [0.15, 0.2) is 0 Å². The predicted octanol–water partition coefficient (Wildman–Crippen LogP) is 2.97. The van der Waals surface area contributed by atoms with Crippen LogP contribution in [-0.2, 0) is 9.47 Å². The van der Waals surface area contributed by atoms with Crippen LogP contribution < -0.4 is 5.32 Å². The Balaban J connectivity index is 0.00000361. The lowest BCUT2D eigenvalue weighted by molar-refractivity contribution is 0.0472. The Bertz CT molecular complexity index is 325. The van der Waals surface area contributed by atoms with Crippen LogP contribution in [0, 0.1) is 18.3 Å². The maximum atomic E-state index is 11.6. The van der Waals surface area contributed by atoms with E-state index in [1.54, 1.807) is 0 Å². The fraction of sp³-hybridized carbons (Fsp3) is 0.800. The van der Waals surface area contributed by atoms with Crippen LogP contribution in [-0.4, -0.2) is 30.9 Å². The zero-order valence-electron chi connectivity index (χ0n) is 12.2. The van der Waals surface area contributed by atoms with Gasteiger partial charge in [-0.25, -0.2) is 4.79 Å². The monoisotopic (exact) mass is 269 g/mol. The van der Waals surface area contributed by atoms with Gasteiger partial charge in [0.1, 0.15) is 12.2 Å². The summed E-state index contributed by atoms with van der Waals surface area (Å²) in [6.45, 7) is 6.71. The lowest BCUT2D eigenvalue weighted by atomic mass is 9.86. The minimum atomic E-state index is -0.440. The molecular weight excluding hydrogens is 242 g/mol. The van der Waals surface area contributed by atoms with Crippen molar-refractivity contribution in [3.8, 4) is 12.3 Å². The molecule has 0 saturated heterocycles. The molecule has 0 radical (unpaired) electrons. The average Bonchev–Trinajstić information content (AvgIpc) is 2.29. The minimum Gasteiger partial charge on any atom is -0.444 e. The Kier molecular flexibility index (Phi) is 6.17. The molecule has 1 aliphatic carbocycles. The highest BCUT2D eigenvalue weighted by molar-refractivity contribution is 5.68. The Labute approximate surface area is 117 Å². The number of carbonyl (C=O) groups is 1. The zero-order chi connectivity index (χ0) is 14.3. The van der Waals surface area contributed by atoms with Gasteiger partial charge in [-0.1, -0.05) is 5.92 Å². The molecule has 0 aromatic carbocycles. The average molecular weight is 269 g/mol. The topological polar surface area (TPSA) is 47.6 Å². The van der Waals surface area contributed by atoms with Crippen LogP contribution in [0.15, 0.2) is 0 Å². The number of alkyl carbamates (subject to hydrolysis) is 1. The SMILES string of the molecule is C#CCOCC1CCC(NC(=O)OC(C)(C)C)CC1.[HH]. The van der Waals surface area contributed by atoms with Gasteiger partial charge in [0, 0.05) is 7.47 Å². The molecule has 1 amide bonds. The second-order valence-electron chi connectivity index (χ2n) is 6.08. The third kappa shape index (κ3) is 7.07. The van der Waals surface area contributed by atoms with E-state index in [1.807, 2.05) is 20.8 Å². The molecule has 1 fully saturated rings. The van der Waals surface area contributed by atoms with E-state index in [9.17, 15) is 4.79 Å². The van der Waals surface area contributed by atoms with E-state index in [1.165, 1.54) is 0 Å². The van der Waals surface area contributed by atoms with Crippen molar-refractivity contribution in [2.45, 2.75) is 58.1 Å². The number of ether oxygens (including phenoxy) is 2. The molecular formula is C15H27NO3. The molecule has 0 aromatic rings. The second-order valence-corrected chi connectivity index (χ2v) is 6.08. The Morgan fingerprint density at radius 1 is 1.37 bits per heavy atom. The summed E-state index contributed by atoms with van der Waals surface area (Å²) in [4.78, 5) is 11.6. The summed E-state index contributed by atoms with van der Waals surface area (Å²) in [5.74, 6) is 3.03. The molecule has 0 heterocycles. The molecule has 1 aliphatic rings. The van der Waals surface area contributed by atoms with Crippen LogP contribution in [0.5, 0.6) is 0 Å². The lowest BCUT2D eigenvalue weighted by Crippen LogP contribution is -2.41. The molecule has 1 rings (SSSR count). The van der Waals surface area contributed by atoms with E-state index in [0.29, 0.717) is 12.5 Å². The normalized spacial score (nSPS) is 23.5. The molecule has 0 spiro atoms. The summed E-state index contributed by atoms with van der Waals surface area (Å²) in [5.41, 5.74) is -0.440. The van der Waals surface area contributed by atoms with Crippen molar-refractivity contribution in [3.05, 3.63) is 0 Å². The van der Waals surface area contributed by atoms with E-state index in [2.05, 4.69) is 11.2 Å². The van der Waals surface area contributed by atoms with Gasteiger partial charge in [-0.3, -0.25) is 0 Å². The highest BCUT2D eigenvalue weighted by Crippen LogP contribution is 2.24. The fourth-order valence-corrected chi connectivity index (χ4v) is 2.23. The molecule has 0 atom stereocenters. The van der Waals surface area contributed by atoms with Gasteiger partial charge in [-0.15, -0.1) is 6.42 Å². The number of hydrogen-bond acceptors (Lipinski definition) is 3. The quantitative estimate of drug-likeness (QED) is 0.630. The van der Waals surface area contributed by atoms with Crippen LogP contribution >= 0.6 is 0 Å². The number of carbonyl (C=O) groups excluding carboxylic acids is 1. The van der Waals surface area contributed by atoms with Crippen molar-refractivity contribution >= 4 is 6.09 Å². The van der Waals surface area contributed by atoms with Gasteiger partial charge in [0.2, 0.25) is 0 Å². The first kappa shape index (κ1) is 15.8. The van der Waals surface area contributed by atoms with Gasteiger partial charge in [0.25, 0.3) is 0 Å². The first-order valence-electron chi connectivity index (χ1n) is 6.91. The Morgan fingerprint density at radius 3 is 2.53 bits per heavy atom. The van der Waals surface area contributed by atoms with Crippen molar-refractivity contribution in [2.75, 3.05) is 13.2 Å². The lowest BCUT2D eigenvalue weighted by Gasteiger charge is -2.29. The molecule has 19 heavy (non-hydrogen) atoms. The van der Waals surface area contributed by atoms with Gasteiger partial charge >= 0.3 is 6.09 Å². The highest BCUT2D eigenvalue weighted by atomic mass is 16.6. The van der Waals surface area contributed by atoms with E-state index < -0.39 is 5.60 Å². The minimum absolute atomic E-state index is 0. The fourth-order valence-electron chi connectivity index (χ4n) is 2.23. The smallest absolute Gasteiger partial charge is 0.407 e. The summed E-state index contributed by atoms with van der Waals surface area (Å²) < 4.78 is 10.6. The van der Waals surface area contributed by atoms with Crippen LogP contribution in [0.3, 0.4) is 0 Å². The van der Waals surface area contributed by atoms with Crippen molar-refractivity contribution in [1.29, 1.82) is 0 Å². The highest BCUT2D eigenvalue weighted by Gasteiger charge is 2.24. The maximum Gasteiger partial charge on any atom is 0.407 e. The van der Waals surface area contributed by atoms with Crippen LogP contribution in [0.1, 0.15) is 47.9 Å². The van der Waals surface area contributed by atoms with E-state index in [4.69, 9.17) is 15.9 Å². The van der Waals surface area contributed by atoms with E-state index in [-0.39, 0.29) is 13.6 Å². The summed E-state index contributed by atoms with van der Waals surface area (Å²) >= 11 is 0. The third-order valence-corrected chi connectivity index (χ3v) is 3.11. The molecule has 0 unspecified atom stereocenters. The van der Waals surface area contributed by atoms with Crippen molar-refractivity contribution < 1.29 is 15.7 Å². The molecule has 4 nitrogen and oxygen atoms in total. The van der Waals surface area contributed by atoms with E-state index >= 15 is 0 Å². The molecule has 0 aliphatic heterocycles. The molecule has 1 N–H and O–H groups in total. The van der Waals surface area contributed by atoms with Gasteiger partial charge in [0.05, 0.1) is 6.61 Å². The number of terminal acetylenes is 1. The maximum absolute atomic E-state index is 11.6. The van der Waals surface area contributed by atoms with Crippen LogP contribution in [0.4, 0.5) is 4.79 Å². The Morgan fingerprint density at radius 2 is 2.00 bits per heavy atom. The molecule has 0 bridgehead atoms. The molecule has 0 aromatic heterocycles. The van der Waals surface area contributed by atoms with E-state index in [0.717, 1.165) is 32.3 Å². The largest absolute Gasteiger partial charge is 0.444 e. The second kappa shape index (κ2) is 7.40. The molecule has 1 saturated carbocycles. The van der Waals surface area contributed by atoms with Gasteiger partial charge < -0.3 is 14.8 Å². The van der Waals surface area contributed by atoms with Gasteiger partial charge in [-0.05, 0) is 52.4 Å². The first-order chi connectivity index (χ1) is 8.90. The Hall–Kier alpha value is -1.21. The summed E-state index contributed by atoms with van der Waals surface area (Å²) in [7, 11) is 0. The zero-order valence-corrected chi connectivity index (χ0v) is 12.2. The third-order valence-electron chi connectivity index (χ3n) is 3.11. The summed E-state index contributed by atoms with van der Waals surface area (Å²) in [5, 5.41) is 2.93. The predicted molar refractivity (Wildman–Crippen MR) is 76.9 cm³/mol. The standard InChI is InChI=1S/C15H25NO3.H2/c1-5-10-18-11-12-6-8-13(9-7-12)16-14(17)19-15(2,3)4;/h1,12-13H,6-11H2,2-4H3,(H,16,17);1H. The molecule has 4 heteroatoms. The van der Waals surface area contributed by atoms with Crippen LogP contribution in [0.25, 0.3) is 0 Å². The summed E-state index contributed by atoms with van der Waals surface area (Å²) in [6, 6.07) is 0.221. The van der Waals surface area contributed by atoms with Crippen molar-refractivity contribution in [3.63, 3.8) is 0 Å². The number of hydrogen-bond donors (Lipinski definition) is 1. The van der Waals surface area contributed by atoms with Crippen molar-refractivity contribution in [1.82, 2.24) is 5.32 Å². The summed E-state index contributed by atoms with van der Waals surface area (Å²) in [6.07, 6.45) is 8.89. The van der Waals surface area contributed by atoms with Crippen molar-refractivity contribution in [2.24, 2.45) is 5.92 Å². The van der Waals surface area contributed by atoms with Crippen LogP contribution in [0.2, 0.25) is 0 Å².